The molecule has 126 valence electrons. The van der Waals surface area contributed by atoms with Gasteiger partial charge in [0.15, 0.2) is 0 Å². The third kappa shape index (κ3) is 3.53. The number of carbonyl (C=O) groups is 1. The molecule has 0 aliphatic heterocycles. The molecule has 0 bridgehead atoms. The first-order chi connectivity index (χ1) is 11.4. The van der Waals surface area contributed by atoms with Crippen LogP contribution in [0.3, 0.4) is 0 Å². The molecule has 4 nitrogen and oxygen atoms in total. The van der Waals surface area contributed by atoms with Crippen LogP contribution in [0.25, 0.3) is 0 Å². The van der Waals surface area contributed by atoms with Crippen LogP contribution < -0.4 is 4.72 Å². The summed E-state index contributed by atoms with van der Waals surface area (Å²) >= 11 is 5.95. The Labute approximate surface area is 146 Å². The molecule has 0 saturated heterocycles. The van der Waals surface area contributed by atoms with Gasteiger partial charge in [-0.15, -0.1) is 11.6 Å². The molecular formula is C18H18ClNO3S. The number of rotatable bonds is 5. The van der Waals surface area contributed by atoms with Gasteiger partial charge in [0.1, 0.15) is 11.7 Å². The van der Waals surface area contributed by atoms with E-state index in [0.29, 0.717) is 19.1 Å². The quantitative estimate of drug-likeness (QED) is 0.656. The van der Waals surface area contributed by atoms with Crippen molar-refractivity contribution in [2.75, 3.05) is 0 Å². The number of aryl methyl sites for hydroxylation is 1. The summed E-state index contributed by atoms with van der Waals surface area (Å²) in [5, 5.41) is -0.668. The van der Waals surface area contributed by atoms with Gasteiger partial charge in [-0.3, -0.25) is 0 Å². The molecule has 3 rings (SSSR count). The second-order valence-corrected chi connectivity index (χ2v) is 8.29. The number of hydrogen-bond donors (Lipinski definition) is 1. The number of benzene rings is 2. The standard InChI is InChI=1S/C18H18ClNO3S/c1-12-2-6-17(7-3-12)24(22,23)20-16-9-13-4-5-14(18(19)11-21)8-15(13)10-16/h2-8,11,16,18,20H,9-10H2,1H3. The molecule has 0 heterocycles. The maximum atomic E-state index is 12.5. The Kier molecular flexibility index (Phi) is 4.76. The van der Waals surface area contributed by atoms with Crippen molar-refractivity contribution < 1.29 is 13.2 Å². The number of fused-ring (bicyclic) bond motifs is 1. The van der Waals surface area contributed by atoms with Crippen LogP contribution in [0.4, 0.5) is 0 Å². The van der Waals surface area contributed by atoms with Gasteiger partial charge in [-0.25, -0.2) is 13.1 Å². The van der Waals surface area contributed by atoms with Crippen molar-refractivity contribution in [3.05, 3.63) is 64.7 Å². The Morgan fingerprint density at radius 2 is 1.79 bits per heavy atom. The smallest absolute Gasteiger partial charge is 0.240 e. The van der Waals surface area contributed by atoms with Crippen LogP contribution in [0.1, 0.15) is 27.6 Å². The molecule has 1 aliphatic rings. The maximum Gasteiger partial charge on any atom is 0.240 e. The Bertz CT molecular complexity index is 862. The molecule has 0 radical (unpaired) electrons. The van der Waals surface area contributed by atoms with E-state index < -0.39 is 15.4 Å². The van der Waals surface area contributed by atoms with Crippen molar-refractivity contribution in [3.8, 4) is 0 Å². The van der Waals surface area contributed by atoms with Crippen LogP contribution in [0.5, 0.6) is 0 Å². The van der Waals surface area contributed by atoms with Gasteiger partial charge in [-0.1, -0.05) is 35.9 Å². The molecule has 0 aromatic heterocycles. The van der Waals surface area contributed by atoms with Gasteiger partial charge in [-0.05, 0) is 48.6 Å². The highest BCUT2D eigenvalue weighted by atomic mass is 35.5. The molecule has 6 heteroatoms. The van der Waals surface area contributed by atoms with Crippen molar-refractivity contribution >= 4 is 27.9 Å². The summed E-state index contributed by atoms with van der Waals surface area (Å²) in [6.07, 6.45) is 1.92. The number of alkyl halides is 1. The van der Waals surface area contributed by atoms with Crippen LogP contribution in [-0.2, 0) is 27.7 Å². The van der Waals surface area contributed by atoms with Crippen molar-refractivity contribution in [2.45, 2.75) is 36.1 Å². The topological polar surface area (TPSA) is 63.2 Å². The van der Waals surface area contributed by atoms with Gasteiger partial charge in [0.05, 0.1) is 4.90 Å². The Morgan fingerprint density at radius 3 is 2.46 bits per heavy atom. The summed E-state index contributed by atoms with van der Waals surface area (Å²) in [5.74, 6) is 0. The zero-order valence-electron chi connectivity index (χ0n) is 13.2. The summed E-state index contributed by atoms with van der Waals surface area (Å²) in [5.41, 5.74) is 3.88. The van der Waals surface area contributed by atoms with Crippen LogP contribution in [-0.4, -0.2) is 20.7 Å². The van der Waals surface area contributed by atoms with E-state index in [9.17, 15) is 13.2 Å². The third-order valence-electron chi connectivity index (χ3n) is 4.25. The number of hydrogen-bond acceptors (Lipinski definition) is 3. The first kappa shape index (κ1) is 17.1. The van der Waals surface area contributed by atoms with Gasteiger partial charge in [0, 0.05) is 6.04 Å². The van der Waals surface area contributed by atoms with Crippen LogP contribution >= 0.6 is 11.6 Å². The minimum absolute atomic E-state index is 0.188. The minimum atomic E-state index is -3.54. The van der Waals surface area contributed by atoms with E-state index in [1.807, 2.05) is 25.1 Å². The number of carbonyl (C=O) groups excluding carboxylic acids is 1. The van der Waals surface area contributed by atoms with Crippen molar-refractivity contribution in [2.24, 2.45) is 0 Å². The average molecular weight is 364 g/mol. The molecule has 0 fully saturated rings. The van der Waals surface area contributed by atoms with Gasteiger partial charge in [0.25, 0.3) is 0 Å². The number of sulfonamides is 1. The molecule has 1 aliphatic carbocycles. The van der Waals surface area contributed by atoms with Gasteiger partial charge >= 0.3 is 0 Å². The first-order valence-electron chi connectivity index (χ1n) is 7.69. The fourth-order valence-electron chi connectivity index (χ4n) is 2.98. The van der Waals surface area contributed by atoms with E-state index in [-0.39, 0.29) is 10.9 Å². The van der Waals surface area contributed by atoms with E-state index >= 15 is 0 Å². The summed E-state index contributed by atoms with van der Waals surface area (Å²) < 4.78 is 27.8. The molecule has 24 heavy (non-hydrogen) atoms. The van der Waals surface area contributed by atoms with Crippen molar-refractivity contribution in [3.63, 3.8) is 0 Å². The SMILES string of the molecule is Cc1ccc(S(=O)(=O)NC2Cc3ccc(C(Cl)C=O)cc3C2)cc1. The predicted molar refractivity (Wildman–Crippen MR) is 93.8 cm³/mol. The third-order valence-corrected chi connectivity index (χ3v) is 6.15. The number of halogens is 1. The van der Waals surface area contributed by atoms with E-state index in [4.69, 9.17) is 11.6 Å². The number of nitrogens with one attached hydrogen (secondary N) is 1. The normalized spacial score (nSPS) is 18.2. The highest BCUT2D eigenvalue weighted by molar-refractivity contribution is 7.89. The molecule has 2 unspecified atom stereocenters. The average Bonchev–Trinajstić information content (AvgIpc) is 2.94. The molecule has 2 aromatic rings. The Morgan fingerprint density at radius 1 is 1.12 bits per heavy atom. The second kappa shape index (κ2) is 6.67. The molecule has 0 saturated carbocycles. The zero-order chi connectivity index (χ0) is 17.3. The van der Waals surface area contributed by atoms with E-state index in [1.165, 1.54) is 0 Å². The summed E-state index contributed by atoms with van der Waals surface area (Å²) in [4.78, 5) is 11.1. The lowest BCUT2D eigenvalue weighted by Crippen LogP contribution is -2.35. The highest BCUT2D eigenvalue weighted by Crippen LogP contribution is 2.28. The van der Waals surface area contributed by atoms with E-state index in [0.717, 1.165) is 22.3 Å². The van der Waals surface area contributed by atoms with Crippen molar-refractivity contribution in [1.29, 1.82) is 0 Å². The maximum absolute atomic E-state index is 12.5. The van der Waals surface area contributed by atoms with Crippen molar-refractivity contribution in [1.82, 2.24) is 4.72 Å². The van der Waals surface area contributed by atoms with E-state index in [1.54, 1.807) is 24.3 Å². The Hall–Kier alpha value is -1.69. The summed E-state index contributed by atoms with van der Waals surface area (Å²) in [7, 11) is -3.54. The van der Waals surface area contributed by atoms with Crippen LogP contribution in [0.15, 0.2) is 47.4 Å². The fourth-order valence-corrected chi connectivity index (χ4v) is 4.35. The predicted octanol–water partition coefficient (Wildman–Crippen LogP) is 2.92. The summed E-state index contributed by atoms with van der Waals surface area (Å²) in [6, 6.07) is 12.2. The van der Waals surface area contributed by atoms with Gasteiger partial charge in [-0.2, -0.15) is 0 Å². The molecule has 0 spiro atoms. The summed E-state index contributed by atoms with van der Waals surface area (Å²) in [6.45, 7) is 1.92. The molecule has 2 aromatic carbocycles. The van der Waals surface area contributed by atoms with Crippen LogP contribution in [0, 0.1) is 6.92 Å². The molecule has 0 amide bonds. The monoisotopic (exact) mass is 363 g/mol. The molecular weight excluding hydrogens is 346 g/mol. The van der Waals surface area contributed by atoms with Gasteiger partial charge in [0.2, 0.25) is 10.0 Å². The van der Waals surface area contributed by atoms with Gasteiger partial charge < -0.3 is 4.79 Å². The zero-order valence-corrected chi connectivity index (χ0v) is 14.8. The first-order valence-corrected chi connectivity index (χ1v) is 9.61. The number of aldehydes is 1. The highest BCUT2D eigenvalue weighted by Gasteiger charge is 2.27. The second-order valence-electron chi connectivity index (χ2n) is 6.11. The Balaban J connectivity index is 1.76. The van der Waals surface area contributed by atoms with E-state index in [2.05, 4.69) is 4.72 Å². The lowest BCUT2D eigenvalue weighted by atomic mass is 10.0. The molecule has 1 N–H and O–H groups in total. The minimum Gasteiger partial charge on any atom is -0.301 e. The fraction of sp³-hybridized carbons (Fsp3) is 0.278. The van der Waals surface area contributed by atoms with Crippen LogP contribution in [0.2, 0.25) is 0 Å². The molecule has 2 atom stereocenters. The lowest BCUT2D eigenvalue weighted by Gasteiger charge is -2.12. The lowest BCUT2D eigenvalue weighted by molar-refractivity contribution is -0.107. The largest absolute Gasteiger partial charge is 0.301 e.